The Morgan fingerprint density at radius 3 is 2.33 bits per heavy atom. The minimum Gasteiger partial charge on any atom is -0.366 e. The van der Waals surface area contributed by atoms with Crippen molar-refractivity contribution >= 4 is 35.1 Å². The number of barbiturate groups is 1. The van der Waals surface area contributed by atoms with E-state index < -0.39 is 23.3 Å². The SMILES string of the molecule is C[C@@H]1C[C@H](C)[C@@H]2N(C1)c1cc(Cl)ccc1CC21C(=O)N(C)C(=O)N(C)C1=O. The van der Waals surface area contributed by atoms with Gasteiger partial charge in [-0.05, 0) is 42.4 Å². The average Bonchev–Trinajstić information content (AvgIpc) is 2.63. The highest BCUT2D eigenvalue weighted by Gasteiger charge is 2.64. The van der Waals surface area contributed by atoms with E-state index in [1.165, 1.54) is 14.1 Å². The zero-order chi connectivity index (χ0) is 19.7. The van der Waals surface area contributed by atoms with Crippen molar-refractivity contribution in [3.05, 3.63) is 28.8 Å². The topological polar surface area (TPSA) is 60.9 Å². The predicted octanol–water partition coefficient (Wildman–Crippen LogP) is 2.78. The fourth-order valence-electron chi connectivity index (χ4n) is 5.45. The molecule has 3 atom stereocenters. The van der Waals surface area contributed by atoms with Gasteiger partial charge in [0.1, 0.15) is 0 Å². The lowest BCUT2D eigenvalue weighted by Gasteiger charge is -2.57. The Labute approximate surface area is 164 Å². The van der Waals surface area contributed by atoms with Crippen LogP contribution in [0.25, 0.3) is 0 Å². The maximum atomic E-state index is 13.4. The highest BCUT2D eigenvalue weighted by atomic mass is 35.5. The Hall–Kier alpha value is -2.08. The molecule has 3 heterocycles. The van der Waals surface area contributed by atoms with E-state index in [2.05, 4.69) is 18.7 Å². The Morgan fingerprint density at radius 1 is 1.07 bits per heavy atom. The number of carbonyl (C=O) groups is 3. The lowest BCUT2D eigenvalue weighted by molar-refractivity contribution is -0.161. The second-order valence-electron chi connectivity index (χ2n) is 8.35. The molecular weight excluding hydrogens is 366 g/mol. The number of nitrogens with zero attached hydrogens (tertiary/aromatic N) is 3. The van der Waals surface area contributed by atoms with Gasteiger partial charge in [0.05, 0.1) is 6.04 Å². The number of carbonyl (C=O) groups excluding carboxylic acids is 3. The fourth-order valence-corrected chi connectivity index (χ4v) is 5.61. The Kier molecular flexibility index (Phi) is 4.04. The molecule has 0 N–H and O–H groups in total. The maximum absolute atomic E-state index is 13.4. The molecule has 0 aliphatic carbocycles. The third kappa shape index (κ3) is 2.35. The predicted molar refractivity (Wildman–Crippen MR) is 103 cm³/mol. The van der Waals surface area contributed by atoms with Crippen LogP contribution in [0.1, 0.15) is 25.8 Å². The molecule has 0 radical (unpaired) electrons. The first-order valence-electron chi connectivity index (χ1n) is 9.33. The van der Waals surface area contributed by atoms with Gasteiger partial charge in [0.2, 0.25) is 11.8 Å². The van der Waals surface area contributed by atoms with Crippen LogP contribution in [0.5, 0.6) is 0 Å². The number of fused-ring (bicyclic) bond motifs is 4. The van der Waals surface area contributed by atoms with E-state index in [0.717, 1.165) is 34.0 Å². The van der Waals surface area contributed by atoms with Crippen LogP contribution in [-0.4, -0.2) is 54.3 Å². The van der Waals surface area contributed by atoms with Crippen molar-refractivity contribution in [3.8, 4) is 0 Å². The van der Waals surface area contributed by atoms with Crippen molar-refractivity contribution < 1.29 is 14.4 Å². The highest BCUT2D eigenvalue weighted by Crippen LogP contribution is 2.51. The van der Waals surface area contributed by atoms with Crippen molar-refractivity contribution in [1.82, 2.24) is 9.80 Å². The van der Waals surface area contributed by atoms with Crippen molar-refractivity contribution in [2.24, 2.45) is 17.3 Å². The molecule has 144 valence electrons. The number of halogens is 1. The summed E-state index contributed by atoms with van der Waals surface area (Å²) in [4.78, 5) is 43.6. The van der Waals surface area contributed by atoms with E-state index >= 15 is 0 Å². The molecule has 0 saturated carbocycles. The van der Waals surface area contributed by atoms with Crippen molar-refractivity contribution in [1.29, 1.82) is 0 Å². The summed E-state index contributed by atoms with van der Waals surface area (Å²) in [5.41, 5.74) is 0.645. The summed E-state index contributed by atoms with van der Waals surface area (Å²) < 4.78 is 0. The standard InChI is InChI=1S/C20H24ClN3O3/c1-11-7-12(2)16-20(17(25)22(3)19(27)23(4)18(20)26)9-13-5-6-14(21)8-15(13)24(16)10-11/h5-6,8,11-12,16H,7,9-10H2,1-4H3/t11-,12+,16+/m1/s1. The van der Waals surface area contributed by atoms with Gasteiger partial charge < -0.3 is 4.90 Å². The average molecular weight is 390 g/mol. The first-order chi connectivity index (χ1) is 12.7. The zero-order valence-corrected chi connectivity index (χ0v) is 16.8. The Bertz CT molecular complexity index is 831. The maximum Gasteiger partial charge on any atom is 0.332 e. The monoisotopic (exact) mass is 389 g/mol. The third-order valence-electron chi connectivity index (χ3n) is 6.43. The van der Waals surface area contributed by atoms with E-state index in [0.29, 0.717) is 17.4 Å². The van der Waals surface area contributed by atoms with Crippen LogP contribution in [0.3, 0.4) is 0 Å². The van der Waals surface area contributed by atoms with E-state index in [4.69, 9.17) is 11.6 Å². The second kappa shape index (κ2) is 5.96. The quantitative estimate of drug-likeness (QED) is 0.640. The van der Waals surface area contributed by atoms with Crippen molar-refractivity contribution in [2.75, 3.05) is 25.5 Å². The number of benzene rings is 1. The summed E-state index contributed by atoms with van der Waals surface area (Å²) in [6.45, 7) is 5.04. The molecule has 2 saturated heterocycles. The molecule has 7 heteroatoms. The molecular formula is C20H24ClN3O3. The van der Waals surface area contributed by atoms with Gasteiger partial charge in [-0.15, -0.1) is 0 Å². The number of hydrogen-bond donors (Lipinski definition) is 0. The van der Waals surface area contributed by atoms with Crippen LogP contribution in [0.2, 0.25) is 5.02 Å². The second-order valence-corrected chi connectivity index (χ2v) is 8.78. The Morgan fingerprint density at radius 2 is 1.70 bits per heavy atom. The van der Waals surface area contributed by atoms with E-state index in [-0.39, 0.29) is 12.0 Å². The summed E-state index contributed by atoms with van der Waals surface area (Å²) in [6, 6.07) is 4.76. The number of imide groups is 2. The van der Waals surface area contributed by atoms with Gasteiger partial charge in [0.15, 0.2) is 5.41 Å². The van der Waals surface area contributed by atoms with Gasteiger partial charge in [-0.2, -0.15) is 0 Å². The van der Waals surface area contributed by atoms with Gasteiger partial charge in [0, 0.05) is 31.4 Å². The lowest BCUT2D eigenvalue weighted by Crippen LogP contribution is -2.73. The molecule has 6 nitrogen and oxygen atoms in total. The summed E-state index contributed by atoms with van der Waals surface area (Å²) in [5.74, 6) is -0.229. The van der Waals surface area contributed by atoms with Gasteiger partial charge in [0.25, 0.3) is 0 Å². The van der Waals surface area contributed by atoms with Gasteiger partial charge in [-0.1, -0.05) is 31.5 Å². The summed E-state index contributed by atoms with van der Waals surface area (Å²) in [5, 5.41) is 0.639. The molecule has 0 bridgehead atoms. The normalized spacial score (nSPS) is 29.9. The molecule has 3 aliphatic rings. The molecule has 4 rings (SSSR count). The van der Waals surface area contributed by atoms with Crippen LogP contribution in [0, 0.1) is 17.3 Å². The van der Waals surface area contributed by atoms with Crippen LogP contribution in [0.4, 0.5) is 10.5 Å². The summed E-state index contributed by atoms with van der Waals surface area (Å²) in [6.07, 6.45) is 1.22. The summed E-state index contributed by atoms with van der Waals surface area (Å²) >= 11 is 6.26. The molecule has 1 aromatic rings. The van der Waals surface area contributed by atoms with Gasteiger partial charge in [-0.25, -0.2) is 4.79 Å². The first kappa shape index (κ1) is 18.3. The minimum atomic E-state index is -1.28. The van der Waals surface area contributed by atoms with E-state index in [1.54, 1.807) is 6.07 Å². The van der Waals surface area contributed by atoms with Gasteiger partial charge >= 0.3 is 6.03 Å². The van der Waals surface area contributed by atoms with E-state index in [1.807, 2.05) is 12.1 Å². The zero-order valence-electron chi connectivity index (χ0n) is 16.0. The summed E-state index contributed by atoms with van der Waals surface area (Å²) in [7, 11) is 2.93. The highest BCUT2D eigenvalue weighted by molar-refractivity contribution is 6.31. The van der Waals surface area contributed by atoms with Crippen molar-refractivity contribution in [2.45, 2.75) is 32.7 Å². The number of piperidine rings is 1. The fraction of sp³-hybridized carbons (Fsp3) is 0.550. The molecule has 1 spiro atoms. The van der Waals surface area contributed by atoms with Gasteiger partial charge in [-0.3, -0.25) is 19.4 Å². The number of urea groups is 1. The number of anilines is 1. The molecule has 0 aromatic heterocycles. The molecule has 1 aromatic carbocycles. The number of rotatable bonds is 0. The molecule has 2 fully saturated rings. The van der Waals surface area contributed by atoms with E-state index in [9.17, 15) is 14.4 Å². The molecule has 4 amide bonds. The molecule has 3 aliphatic heterocycles. The lowest BCUT2D eigenvalue weighted by atomic mass is 9.62. The minimum absolute atomic E-state index is 0.129. The number of amides is 4. The number of hydrogen-bond acceptors (Lipinski definition) is 4. The third-order valence-corrected chi connectivity index (χ3v) is 6.67. The van der Waals surface area contributed by atoms with Crippen LogP contribution < -0.4 is 4.90 Å². The molecule has 0 unspecified atom stereocenters. The smallest absolute Gasteiger partial charge is 0.332 e. The van der Waals surface area contributed by atoms with Crippen LogP contribution >= 0.6 is 11.6 Å². The largest absolute Gasteiger partial charge is 0.366 e. The Balaban J connectivity index is 1.95. The first-order valence-corrected chi connectivity index (χ1v) is 9.71. The van der Waals surface area contributed by atoms with Crippen LogP contribution in [-0.2, 0) is 16.0 Å². The molecule has 27 heavy (non-hydrogen) atoms. The van der Waals surface area contributed by atoms with Crippen LogP contribution in [0.15, 0.2) is 18.2 Å². The van der Waals surface area contributed by atoms with Crippen molar-refractivity contribution in [3.63, 3.8) is 0 Å².